The lowest BCUT2D eigenvalue weighted by molar-refractivity contribution is -0.130. The van der Waals surface area contributed by atoms with Crippen LogP contribution in [0.1, 0.15) is 25.3 Å². The lowest BCUT2D eigenvalue weighted by Gasteiger charge is -2.13. The molecule has 5 nitrogen and oxygen atoms in total. The molecule has 3 rings (SSSR count). The molecule has 0 fully saturated rings. The minimum Gasteiger partial charge on any atom is -0.323 e. The Kier molecular flexibility index (Phi) is 7.17. The van der Waals surface area contributed by atoms with Gasteiger partial charge in [0.1, 0.15) is 12.0 Å². The van der Waals surface area contributed by atoms with Gasteiger partial charge < -0.3 is 9.30 Å². The summed E-state index contributed by atoms with van der Waals surface area (Å²) in [5.74, 6) is -4.11. The zero-order valence-electron chi connectivity index (χ0n) is 16.9. The number of pyridine rings is 1. The Balaban J connectivity index is 1.81. The molecule has 0 aliphatic rings. The first-order valence-corrected chi connectivity index (χ1v) is 9.63. The summed E-state index contributed by atoms with van der Waals surface area (Å²) in [6, 6.07) is 3.74. The van der Waals surface area contributed by atoms with Gasteiger partial charge in [-0.1, -0.05) is 0 Å². The minimum absolute atomic E-state index is 0.0151. The van der Waals surface area contributed by atoms with Crippen molar-refractivity contribution in [2.45, 2.75) is 45.0 Å². The normalized spacial score (nSPS) is 13.1. The van der Waals surface area contributed by atoms with Gasteiger partial charge in [-0.15, -0.1) is 0 Å². The van der Waals surface area contributed by atoms with Crippen molar-refractivity contribution in [2.75, 3.05) is 6.61 Å². The maximum absolute atomic E-state index is 14.7. The molecule has 3 aromatic rings. The van der Waals surface area contributed by atoms with Crippen molar-refractivity contribution in [3.63, 3.8) is 0 Å². The Morgan fingerprint density at radius 2 is 1.84 bits per heavy atom. The van der Waals surface area contributed by atoms with E-state index in [0.29, 0.717) is 12.3 Å². The van der Waals surface area contributed by atoms with E-state index in [2.05, 4.69) is 14.7 Å². The standard InChI is InChI=1S/C21H19F6N3O2/c1-21(26,27)13-9-28-18(29-10-13)16-7-12-4-5-30(19(31)15(12)8-17(16)23)11-14(22)3-2-6-32-20(24)25/h4-5,7-10,14,20H,2-3,6,11H2,1H3. The number of ether oxygens (including phenoxy) is 1. The summed E-state index contributed by atoms with van der Waals surface area (Å²) in [7, 11) is 0. The smallest absolute Gasteiger partial charge is 0.323 e. The largest absolute Gasteiger partial charge is 0.345 e. The summed E-state index contributed by atoms with van der Waals surface area (Å²) in [5.41, 5.74) is -1.14. The zero-order valence-corrected chi connectivity index (χ0v) is 16.9. The lowest BCUT2D eigenvalue weighted by Crippen LogP contribution is -2.24. The molecule has 0 spiro atoms. The molecule has 1 unspecified atom stereocenters. The molecular weight excluding hydrogens is 440 g/mol. The van der Waals surface area contributed by atoms with Gasteiger partial charge in [0, 0.05) is 25.5 Å². The van der Waals surface area contributed by atoms with Gasteiger partial charge in [0.2, 0.25) is 0 Å². The molecule has 0 radical (unpaired) electrons. The van der Waals surface area contributed by atoms with Crippen molar-refractivity contribution >= 4 is 10.8 Å². The quantitative estimate of drug-likeness (QED) is 0.331. The van der Waals surface area contributed by atoms with Crippen LogP contribution in [0, 0.1) is 5.82 Å². The van der Waals surface area contributed by atoms with Gasteiger partial charge in [0.15, 0.2) is 5.82 Å². The Hall–Kier alpha value is -2.95. The molecule has 172 valence electrons. The fourth-order valence-corrected chi connectivity index (χ4v) is 3.10. The number of alkyl halides is 5. The van der Waals surface area contributed by atoms with E-state index in [0.717, 1.165) is 23.0 Å². The molecule has 2 aromatic heterocycles. The van der Waals surface area contributed by atoms with Gasteiger partial charge in [-0.25, -0.2) is 27.5 Å². The maximum Gasteiger partial charge on any atom is 0.345 e. The van der Waals surface area contributed by atoms with E-state index in [1.165, 1.54) is 18.3 Å². The number of rotatable bonds is 9. The number of hydrogen-bond donors (Lipinski definition) is 0. The van der Waals surface area contributed by atoms with Gasteiger partial charge in [0.05, 0.1) is 29.7 Å². The highest BCUT2D eigenvalue weighted by Crippen LogP contribution is 2.28. The summed E-state index contributed by atoms with van der Waals surface area (Å²) >= 11 is 0. The number of aromatic nitrogens is 3. The fourth-order valence-electron chi connectivity index (χ4n) is 3.10. The Labute approximate surface area is 178 Å². The predicted molar refractivity (Wildman–Crippen MR) is 105 cm³/mol. The molecule has 32 heavy (non-hydrogen) atoms. The Morgan fingerprint density at radius 3 is 2.47 bits per heavy atom. The molecule has 2 heterocycles. The average Bonchev–Trinajstić information content (AvgIpc) is 2.73. The highest BCUT2D eigenvalue weighted by molar-refractivity contribution is 5.85. The van der Waals surface area contributed by atoms with Crippen LogP contribution in [0.25, 0.3) is 22.2 Å². The van der Waals surface area contributed by atoms with Crippen LogP contribution in [0.5, 0.6) is 0 Å². The van der Waals surface area contributed by atoms with Crippen LogP contribution >= 0.6 is 0 Å². The SMILES string of the molecule is CC(F)(F)c1cnc(-c2cc3ccn(CC(F)CCCOC(F)F)c(=O)c3cc2F)nc1. The van der Waals surface area contributed by atoms with Gasteiger partial charge >= 0.3 is 6.61 Å². The van der Waals surface area contributed by atoms with Crippen LogP contribution in [-0.4, -0.2) is 33.9 Å². The molecular formula is C21H19F6N3O2. The first-order chi connectivity index (χ1) is 15.1. The number of halogens is 6. The number of benzene rings is 1. The molecule has 0 aliphatic heterocycles. The third-order valence-corrected chi connectivity index (χ3v) is 4.76. The summed E-state index contributed by atoms with van der Waals surface area (Å²) in [4.78, 5) is 20.2. The summed E-state index contributed by atoms with van der Waals surface area (Å²) in [5, 5.41) is 0.315. The summed E-state index contributed by atoms with van der Waals surface area (Å²) < 4.78 is 84.4. The second-order valence-electron chi connectivity index (χ2n) is 7.25. The summed E-state index contributed by atoms with van der Waals surface area (Å²) in [6.07, 6.45) is 1.61. The first kappa shape index (κ1) is 23.7. The number of hydrogen-bond acceptors (Lipinski definition) is 4. The topological polar surface area (TPSA) is 57.0 Å². The molecule has 0 saturated heterocycles. The lowest BCUT2D eigenvalue weighted by atomic mass is 10.1. The van der Waals surface area contributed by atoms with Crippen molar-refractivity contribution < 1.29 is 31.1 Å². The van der Waals surface area contributed by atoms with Crippen molar-refractivity contribution in [3.05, 3.63) is 58.5 Å². The van der Waals surface area contributed by atoms with E-state index in [-0.39, 0.29) is 42.8 Å². The molecule has 0 bridgehead atoms. The molecule has 1 atom stereocenters. The van der Waals surface area contributed by atoms with Crippen molar-refractivity contribution in [1.82, 2.24) is 14.5 Å². The van der Waals surface area contributed by atoms with E-state index >= 15 is 0 Å². The number of fused-ring (bicyclic) bond motifs is 1. The molecule has 0 N–H and O–H groups in total. The van der Waals surface area contributed by atoms with Crippen LogP contribution in [0.3, 0.4) is 0 Å². The van der Waals surface area contributed by atoms with E-state index in [1.807, 2.05) is 0 Å². The first-order valence-electron chi connectivity index (χ1n) is 9.63. The number of nitrogens with zero attached hydrogens (tertiary/aromatic N) is 3. The monoisotopic (exact) mass is 459 g/mol. The zero-order chi connectivity index (χ0) is 23.5. The van der Waals surface area contributed by atoms with Crippen molar-refractivity contribution in [1.29, 1.82) is 0 Å². The van der Waals surface area contributed by atoms with Gasteiger partial charge in [-0.2, -0.15) is 8.78 Å². The van der Waals surface area contributed by atoms with Crippen LogP contribution in [0.2, 0.25) is 0 Å². The molecule has 11 heteroatoms. The molecule has 0 amide bonds. The van der Waals surface area contributed by atoms with Gasteiger partial charge in [0.25, 0.3) is 11.5 Å². The van der Waals surface area contributed by atoms with Crippen LogP contribution in [0.15, 0.2) is 41.6 Å². The summed E-state index contributed by atoms with van der Waals surface area (Å²) in [6.45, 7) is -2.88. The van der Waals surface area contributed by atoms with Crippen LogP contribution < -0.4 is 5.56 Å². The molecule has 0 saturated carbocycles. The van der Waals surface area contributed by atoms with Gasteiger partial charge in [-0.3, -0.25) is 4.79 Å². The third kappa shape index (κ3) is 5.64. The van der Waals surface area contributed by atoms with Gasteiger partial charge in [-0.05, 0) is 36.4 Å². The van der Waals surface area contributed by atoms with E-state index < -0.39 is 35.6 Å². The highest BCUT2D eigenvalue weighted by Gasteiger charge is 2.25. The second kappa shape index (κ2) is 9.68. The van der Waals surface area contributed by atoms with Crippen LogP contribution in [0.4, 0.5) is 26.3 Å². The van der Waals surface area contributed by atoms with Crippen molar-refractivity contribution in [3.8, 4) is 11.4 Å². The Bertz CT molecular complexity index is 1130. The maximum atomic E-state index is 14.7. The molecule has 0 aliphatic carbocycles. The minimum atomic E-state index is -3.14. The predicted octanol–water partition coefficient (Wildman–Crippen LogP) is 5.07. The van der Waals surface area contributed by atoms with Crippen LogP contribution in [-0.2, 0) is 17.2 Å². The Morgan fingerprint density at radius 1 is 1.16 bits per heavy atom. The fraction of sp³-hybridized carbons (Fsp3) is 0.381. The average molecular weight is 459 g/mol. The molecule has 1 aromatic carbocycles. The van der Waals surface area contributed by atoms with E-state index in [9.17, 15) is 31.1 Å². The highest BCUT2D eigenvalue weighted by atomic mass is 19.3. The van der Waals surface area contributed by atoms with E-state index in [1.54, 1.807) is 0 Å². The third-order valence-electron chi connectivity index (χ3n) is 4.76. The van der Waals surface area contributed by atoms with Crippen molar-refractivity contribution in [2.24, 2.45) is 0 Å². The second-order valence-corrected chi connectivity index (χ2v) is 7.25. The van der Waals surface area contributed by atoms with E-state index in [4.69, 9.17) is 0 Å².